The lowest BCUT2D eigenvalue weighted by Gasteiger charge is -2.28. The molecule has 3 heterocycles. The van der Waals surface area contributed by atoms with Crippen LogP contribution in [0.4, 0.5) is 11.4 Å². The molecule has 2 aromatic heterocycles. The van der Waals surface area contributed by atoms with Crippen molar-refractivity contribution in [1.82, 2.24) is 14.9 Å². The number of hydrogen-bond donors (Lipinski definition) is 2. The van der Waals surface area contributed by atoms with E-state index >= 15 is 0 Å². The van der Waals surface area contributed by atoms with Crippen LogP contribution in [0.15, 0.2) is 67.1 Å². The van der Waals surface area contributed by atoms with Crippen molar-refractivity contribution in [1.29, 1.82) is 0 Å². The molecular weight excluding hydrogens is 458 g/mol. The van der Waals surface area contributed by atoms with Gasteiger partial charge in [-0.2, -0.15) is 0 Å². The van der Waals surface area contributed by atoms with E-state index in [9.17, 15) is 4.79 Å². The average Bonchev–Trinajstić information content (AvgIpc) is 3.50. The molecule has 1 aromatic carbocycles. The number of hydrogen-bond acceptors (Lipinski definition) is 4. The maximum Gasteiger partial charge on any atom is 0.250 e. The summed E-state index contributed by atoms with van der Waals surface area (Å²) in [7, 11) is 1.50. The molecule has 0 spiro atoms. The highest BCUT2D eigenvalue weighted by atomic mass is 32.1. The van der Waals surface area contributed by atoms with E-state index in [-0.39, 0.29) is 24.6 Å². The first-order valence-corrected chi connectivity index (χ1v) is 12.6. The van der Waals surface area contributed by atoms with Gasteiger partial charge in [0.05, 0.1) is 17.8 Å². The molecule has 2 unspecified atom stereocenters. The third-order valence-electron chi connectivity index (χ3n) is 6.88. The highest BCUT2D eigenvalue weighted by Crippen LogP contribution is 2.42. The lowest BCUT2D eigenvalue weighted by molar-refractivity contribution is -0.119. The number of amides is 1. The van der Waals surface area contributed by atoms with Crippen LogP contribution in [0, 0.1) is 0 Å². The number of benzene rings is 1. The number of methoxy groups -OCH3 is 1. The lowest BCUT2D eigenvalue weighted by atomic mass is 9.95. The number of anilines is 2. The standard InChI is InChI=1S/C27H31N5O2S/c1-34-18-24(33)29-20-10-12-22(13-11-20)32-26(25(30-27(32)35)23-9-5-6-15-28-23)19-14-16-31(17-19)21-7-3-2-4-8-21/h5-6,9-17,21,25-26H,2-4,7-8,18H2,1H3,(H,29,33)(H,30,35). The summed E-state index contributed by atoms with van der Waals surface area (Å²) in [6, 6.07) is 16.4. The molecule has 0 radical (unpaired) electrons. The maximum absolute atomic E-state index is 11.9. The molecule has 2 aliphatic rings. The van der Waals surface area contributed by atoms with Crippen LogP contribution in [0.25, 0.3) is 0 Å². The number of nitrogens with zero attached hydrogens (tertiary/aromatic N) is 3. The molecule has 1 aliphatic heterocycles. The van der Waals surface area contributed by atoms with Crippen molar-refractivity contribution in [3.05, 3.63) is 78.4 Å². The second-order valence-electron chi connectivity index (χ2n) is 9.21. The largest absolute Gasteiger partial charge is 0.375 e. The Bertz CT molecular complexity index is 1160. The summed E-state index contributed by atoms with van der Waals surface area (Å²) in [4.78, 5) is 18.7. The molecule has 3 aromatic rings. The summed E-state index contributed by atoms with van der Waals surface area (Å²) < 4.78 is 7.29. The Kier molecular flexibility index (Phi) is 7.11. The number of pyridine rings is 1. The van der Waals surface area contributed by atoms with Gasteiger partial charge in [0.25, 0.3) is 0 Å². The highest BCUT2D eigenvalue weighted by Gasteiger charge is 2.41. The number of carbonyl (C=O) groups is 1. The topological polar surface area (TPSA) is 71.4 Å². The van der Waals surface area contributed by atoms with E-state index in [1.807, 2.05) is 48.7 Å². The van der Waals surface area contributed by atoms with Crippen molar-refractivity contribution in [3.63, 3.8) is 0 Å². The number of aromatic nitrogens is 2. The lowest BCUT2D eigenvalue weighted by Crippen LogP contribution is -2.29. The molecule has 1 saturated heterocycles. The Hall–Kier alpha value is -3.23. The number of ether oxygens (including phenoxy) is 1. The molecular formula is C27H31N5O2S. The quantitative estimate of drug-likeness (QED) is 0.447. The van der Waals surface area contributed by atoms with Crippen LogP contribution in [0.1, 0.15) is 61.5 Å². The Labute approximate surface area is 211 Å². The molecule has 8 heteroatoms. The Morgan fingerprint density at radius 1 is 1.14 bits per heavy atom. The Morgan fingerprint density at radius 3 is 2.66 bits per heavy atom. The first kappa shape index (κ1) is 23.5. The molecule has 182 valence electrons. The molecule has 2 fully saturated rings. The van der Waals surface area contributed by atoms with Crippen LogP contribution < -0.4 is 15.5 Å². The van der Waals surface area contributed by atoms with Crippen molar-refractivity contribution < 1.29 is 9.53 Å². The van der Waals surface area contributed by atoms with E-state index in [2.05, 4.69) is 43.5 Å². The van der Waals surface area contributed by atoms with Gasteiger partial charge in [-0.1, -0.05) is 25.3 Å². The van der Waals surface area contributed by atoms with Gasteiger partial charge < -0.3 is 24.8 Å². The van der Waals surface area contributed by atoms with Crippen molar-refractivity contribution >= 4 is 34.6 Å². The van der Waals surface area contributed by atoms with Gasteiger partial charge in [-0.3, -0.25) is 9.78 Å². The van der Waals surface area contributed by atoms with Crippen molar-refractivity contribution in [3.8, 4) is 0 Å². The number of thiocarbonyl (C=S) groups is 1. The van der Waals surface area contributed by atoms with Gasteiger partial charge in [0.1, 0.15) is 6.61 Å². The van der Waals surface area contributed by atoms with Crippen LogP contribution in [-0.2, 0) is 9.53 Å². The summed E-state index contributed by atoms with van der Waals surface area (Å²) in [5.74, 6) is -0.184. The minimum atomic E-state index is -0.184. The van der Waals surface area contributed by atoms with Gasteiger partial charge in [-0.05, 0) is 73.1 Å². The third kappa shape index (κ3) is 5.09. The maximum atomic E-state index is 11.9. The molecule has 7 nitrogen and oxygen atoms in total. The zero-order valence-corrected chi connectivity index (χ0v) is 20.7. The molecule has 2 atom stereocenters. The van der Waals surface area contributed by atoms with Crippen LogP contribution in [0.3, 0.4) is 0 Å². The van der Waals surface area contributed by atoms with Crippen molar-refractivity contribution in [2.45, 2.75) is 50.2 Å². The molecule has 0 bridgehead atoms. The van der Waals surface area contributed by atoms with Gasteiger partial charge >= 0.3 is 0 Å². The highest BCUT2D eigenvalue weighted by molar-refractivity contribution is 7.80. The summed E-state index contributed by atoms with van der Waals surface area (Å²) in [6.07, 6.45) is 12.7. The summed E-state index contributed by atoms with van der Waals surface area (Å²) in [5, 5.41) is 7.02. The molecule has 1 saturated carbocycles. The molecule has 35 heavy (non-hydrogen) atoms. The van der Waals surface area contributed by atoms with Gasteiger partial charge in [0, 0.05) is 43.1 Å². The van der Waals surface area contributed by atoms with E-state index in [0.717, 1.165) is 17.1 Å². The predicted molar refractivity (Wildman–Crippen MR) is 141 cm³/mol. The fraction of sp³-hybridized carbons (Fsp3) is 0.370. The molecule has 1 aliphatic carbocycles. The van der Waals surface area contributed by atoms with Crippen LogP contribution in [0.5, 0.6) is 0 Å². The van der Waals surface area contributed by atoms with E-state index in [4.69, 9.17) is 17.0 Å². The summed E-state index contributed by atoms with van der Waals surface area (Å²) >= 11 is 5.84. The van der Waals surface area contributed by atoms with E-state index in [1.165, 1.54) is 44.8 Å². The first-order valence-electron chi connectivity index (χ1n) is 12.2. The number of carbonyl (C=O) groups excluding carboxylic acids is 1. The summed E-state index contributed by atoms with van der Waals surface area (Å²) in [6.45, 7) is 0.0215. The fourth-order valence-corrected chi connectivity index (χ4v) is 5.56. The SMILES string of the molecule is COCC(=O)Nc1ccc(N2C(=S)NC(c3ccccn3)C2c2ccn(C3CCCCC3)c2)cc1. The third-order valence-corrected chi connectivity index (χ3v) is 7.19. The second-order valence-corrected chi connectivity index (χ2v) is 9.60. The van der Waals surface area contributed by atoms with Gasteiger partial charge in [0.15, 0.2) is 5.11 Å². The number of nitrogens with one attached hydrogen (secondary N) is 2. The smallest absolute Gasteiger partial charge is 0.250 e. The van der Waals surface area contributed by atoms with Crippen LogP contribution in [-0.4, -0.2) is 34.3 Å². The van der Waals surface area contributed by atoms with E-state index in [1.54, 1.807) is 0 Å². The normalized spacial score (nSPS) is 20.6. The summed E-state index contributed by atoms with van der Waals surface area (Å²) in [5.41, 5.74) is 3.84. The van der Waals surface area contributed by atoms with Crippen LogP contribution in [0.2, 0.25) is 0 Å². The van der Waals surface area contributed by atoms with Gasteiger partial charge in [-0.25, -0.2) is 0 Å². The minimum Gasteiger partial charge on any atom is -0.375 e. The van der Waals surface area contributed by atoms with E-state index in [0.29, 0.717) is 11.2 Å². The van der Waals surface area contributed by atoms with E-state index < -0.39 is 0 Å². The fourth-order valence-electron chi connectivity index (χ4n) is 5.22. The molecule has 1 amide bonds. The van der Waals surface area contributed by atoms with Crippen molar-refractivity contribution in [2.75, 3.05) is 23.9 Å². The Balaban J connectivity index is 1.46. The monoisotopic (exact) mass is 489 g/mol. The zero-order valence-electron chi connectivity index (χ0n) is 19.9. The van der Waals surface area contributed by atoms with Gasteiger partial charge in [0.2, 0.25) is 5.91 Å². The van der Waals surface area contributed by atoms with Gasteiger partial charge in [-0.15, -0.1) is 0 Å². The average molecular weight is 490 g/mol. The second kappa shape index (κ2) is 10.6. The van der Waals surface area contributed by atoms with Crippen LogP contribution >= 0.6 is 12.2 Å². The number of rotatable bonds is 7. The molecule has 2 N–H and O–H groups in total. The molecule has 5 rings (SSSR count). The Morgan fingerprint density at radius 2 is 1.94 bits per heavy atom. The first-order chi connectivity index (χ1) is 17.1. The van der Waals surface area contributed by atoms with Crippen molar-refractivity contribution in [2.24, 2.45) is 0 Å². The zero-order chi connectivity index (χ0) is 24.2. The minimum absolute atomic E-state index is 0.0215. The predicted octanol–water partition coefficient (Wildman–Crippen LogP) is 5.15.